The van der Waals surface area contributed by atoms with Gasteiger partial charge in [-0.2, -0.15) is 5.26 Å². The Kier molecular flexibility index (Phi) is 5.09. The molecule has 0 bridgehead atoms. The van der Waals surface area contributed by atoms with Crippen molar-refractivity contribution in [2.75, 3.05) is 18.1 Å². The SMILES string of the molecule is CNC(=O)c1c(Nc2ccccc2)sc2c(-c3ccc(C)cc3)c(C#N)c(N)nc12. The molecule has 0 unspecified atom stereocenters. The first-order valence-electron chi connectivity index (χ1n) is 9.30. The van der Waals surface area contributed by atoms with Gasteiger partial charge in [0.25, 0.3) is 5.91 Å². The van der Waals surface area contributed by atoms with Gasteiger partial charge in [0.2, 0.25) is 0 Å². The van der Waals surface area contributed by atoms with Crippen LogP contribution < -0.4 is 16.4 Å². The summed E-state index contributed by atoms with van der Waals surface area (Å²) in [6, 6.07) is 19.6. The van der Waals surface area contributed by atoms with E-state index < -0.39 is 0 Å². The monoisotopic (exact) mass is 413 g/mol. The fourth-order valence-corrected chi connectivity index (χ4v) is 4.53. The van der Waals surface area contributed by atoms with E-state index in [9.17, 15) is 10.1 Å². The van der Waals surface area contributed by atoms with E-state index in [-0.39, 0.29) is 11.7 Å². The highest BCUT2D eigenvalue weighted by molar-refractivity contribution is 7.24. The number of amides is 1. The minimum absolute atomic E-state index is 0.106. The smallest absolute Gasteiger partial charge is 0.256 e. The number of carbonyl (C=O) groups is 1. The molecule has 7 heteroatoms. The molecule has 4 N–H and O–H groups in total. The van der Waals surface area contributed by atoms with Gasteiger partial charge in [0.15, 0.2) is 0 Å². The minimum Gasteiger partial charge on any atom is -0.383 e. The van der Waals surface area contributed by atoms with Crippen LogP contribution in [0.25, 0.3) is 21.3 Å². The summed E-state index contributed by atoms with van der Waals surface area (Å²) in [5.41, 5.74) is 10.9. The standard InChI is InChI=1S/C23H19N5OS/c1-13-8-10-14(11-9-13)17-16(12-24)21(25)28-19-18(22(29)26-2)23(30-20(17)19)27-15-6-4-3-5-7-15/h3-11,27H,1-2H3,(H2,25,28)(H,26,29). The van der Waals surface area contributed by atoms with E-state index in [1.54, 1.807) is 7.05 Å². The van der Waals surface area contributed by atoms with Crippen LogP contribution in [0.2, 0.25) is 0 Å². The average Bonchev–Trinajstić information content (AvgIpc) is 3.10. The fraction of sp³-hybridized carbons (Fsp3) is 0.0870. The molecule has 6 nitrogen and oxygen atoms in total. The first-order valence-corrected chi connectivity index (χ1v) is 10.1. The van der Waals surface area contributed by atoms with Crippen molar-refractivity contribution in [3.05, 3.63) is 71.3 Å². The third-order valence-electron chi connectivity index (χ3n) is 4.79. The molecule has 0 aliphatic heterocycles. The minimum atomic E-state index is -0.272. The van der Waals surface area contributed by atoms with Crippen molar-refractivity contribution >= 4 is 44.0 Å². The van der Waals surface area contributed by atoms with Gasteiger partial charge >= 0.3 is 0 Å². The molecule has 2 aromatic carbocycles. The number of pyridine rings is 1. The van der Waals surface area contributed by atoms with Gasteiger partial charge in [0.05, 0.1) is 10.2 Å². The average molecular weight is 414 g/mol. The number of benzene rings is 2. The Labute approximate surface area is 178 Å². The van der Waals surface area contributed by atoms with Gasteiger partial charge in [-0.05, 0) is 24.6 Å². The number of thiophene rings is 1. The van der Waals surface area contributed by atoms with Gasteiger partial charge in [-0.15, -0.1) is 11.3 Å². The van der Waals surface area contributed by atoms with E-state index in [1.165, 1.54) is 11.3 Å². The molecule has 4 rings (SSSR count). The maximum absolute atomic E-state index is 12.8. The zero-order valence-corrected chi connectivity index (χ0v) is 17.3. The van der Waals surface area contributed by atoms with E-state index in [0.29, 0.717) is 27.2 Å². The summed E-state index contributed by atoms with van der Waals surface area (Å²) >= 11 is 1.39. The van der Waals surface area contributed by atoms with E-state index in [4.69, 9.17) is 5.73 Å². The number of nitrogens with two attached hydrogens (primary N) is 1. The number of hydrogen-bond acceptors (Lipinski definition) is 6. The molecule has 0 radical (unpaired) electrons. The van der Waals surface area contributed by atoms with E-state index in [1.807, 2.05) is 61.5 Å². The molecule has 2 aromatic heterocycles. The van der Waals surface area contributed by atoms with Gasteiger partial charge in [-0.3, -0.25) is 4.79 Å². The van der Waals surface area contributed by atoms with Gasteiger partial charge in [-0.25, -0.2) is 4.98 Å². The van der Waals surface area contributed by atoms with Crippen molar-refractivity contribution in [3.8, 4) is 17.2 Å². The third kappa shape index (κ3) is 3.34. The highest BCUT2D eigenvalue weighted by Gasteiger charge is 2.25. The number of fused-ring (bicyclic) bond motifs is 1. The molecule has 0 fully saturated rings. The molecule has 148 valence electrons. The maximum Gasteiger partial charge on any atom is 0.256 e. The Morgan fingerprint density at radius 3 is 2.47 bits per heavy atom. The van der Waals surface area contributed by atoms with Crippen LogP contribution in [0.3, 0.4) is 0 Å². The summed E-state index contributed by atoms with van der Waals surface area (Å²) in [7, 11) is 1.58. The van der Waals surface area contributed by atoms with Crippen LogP contribution in [0.1, 0.15) is 21.5 Å². The van der Waals surface area contributed by atoms with Crippen LogP contribution >= 0.6 is 11.3 Å². The molecule has 30 heavy (non-hydrogen) atoms. The number of anilines is 3. The number of nitrogens with zero attached hydrogens (tertiary/aromatic N) is 2. The molecule has 0 aliphatic rings. The summed E-state index contributed by atoms with van der Waals surface area (Å²) in [4.78, 5) is 17.2. The zero-order valence-electron chi connectivity index (χ0n) is 16.5. The lowest BCUT2D eigenvalue weighted by atomic mass is 9.99. The van der Waals surface area contributed by atoms with Crippen LogP contribution in [0.4, 0.5) is 16.5 Å². The Bertz CT molecular complexity index is 1290. The highest BCUT2D eigenvalue weighted by atomic mass is 32.1. The molecule has 1 amide bonds. The van der Waals surface area contributed by atoms with Crippen LogP contribution in [0.15, 0.2) is 54.6 Å². The summed E-state index contributed by atoms with van der Waals surface area (Å²) in [5, 5.41) is 16.4. The van der Waals surface area contributed by atoms with Crippen molar-refractivity contribution in [2.45, 2.75) is 6.92 Å². The van der Waals surface area contributed by atoms with Gasteiger partial charge in [0.1, 0.15) is 28.0 Å². The lowest BCUT2D eigenvalue weighted by Gasteiger charge is -2.09. The van der Waals surface area contributed by atoms with Crippen LogP contribution in [-0.2, 0) is 0 Å². The third-order valence-corrected chi connectivity index (χ3v) is 5.90. The normalized spacial score (nSPS) is 10.6. The number of aryl methyl sites for hydroxylation is 1. The van der Waals surface area contributed by atoms with Crippen molar-refractivity contribution in [1.29, 1.82) is 5.26 Å². The van der Waals surface area contributed by atoms with Crippen LogP contribution in [-0.4, -0.2) is 17.9 Å². The second kappa shape index (κ2) is 7.85. The Morgan fingerprint density at radius 1 is 1.13 bits per heavy atom. The van der Waals surface area contributed by atoms with Gasteiger partial charge in [-0.1, -0.05) is 48.0 Å². The summed E-state index contributed by atoms with van der Waals surface area (Å²) in [6.45, 7) is 2.00. The number of nitrogen functional groups attached to an aromatic ring is 1. The van der Waals surface area contributed by atoms with Crippen LogP contribution in [0, 0.1) is 18.3 Å². The molecule has 2 heterocycles. The molecule has 0 saturated heterocycles. The van der Waals surface area contributed by atoms with Crippen LogP contribution in [0.5, 0.6) is 0 Å². The number of carbonyl (C=O) groups excluding carboxylic acids is 1. The van der Waals surface area contributed by atoms with E-state index in [2.05, 4.69) is 21.7 Å². The number of nitrogens with one attached hydrogen (secondary N) is 2. The number of aromatic nitrogens is 1. The molecule has 0 atom stereocenters. The summed E-state index contributed by atoms with van der Waals surface area (Å²) in [5.74, 6) is -0.166. The van der Waals surface area contributed by atoms with E-state index in [0.717, 1.165) is 21.5 Å². The molecule has 0 aliphatic carbocycles. The Morgan fingerprint density at radius 2 is 1.83 bits per heavy atom. The number of hydrogen-bond donors (Lipinski definition) is 3. The lowest BCUT2D eigenvalue weighted by molar-refractivity contribution is 0.0965. The number of para-hydroxylation sites is 1. The largest absolute Gasteiger partial charge is 0.383 e. The van der Waals surface area contributed by atoms with Crippen molar-refractivity contribution in [2.24, 2.45) is 0 Å². The van der Waals surface area contributed by atoms with Crippen molar-refractivity contribution < 1.29 is 4.79 Å². The second-order valence-corrected chi connectivity index (χ2v) is 7.80. The topological polar surface area (TPSA) is 104 Å². The quantitative estimate of drug-likeness (QED) is 0.445. The predicted molar refractivity (Wildman–Crippen MR) is 122 cm³/mol. The zero-order chi connectivity index (χ0) is 21.3. The molecule has 4 aromatic rings. The van der Waals surface area contributed by atoms with Crippen molar-refractivity contribution in [3.63, 3.8) is 0 Å². The number of rotatable bonds is 4. The number of nitriles is 1. The lowest BCUT2D eigenvalue weighted by Crippen LogP contribution is -2.18. The molecule has 0 saturated carbocycles. The second-order valence-electron chi connectivity index (χ2n) is 6.78. The maximum atomic E-state index is 12.8. The highest BCUT2D eigenvalue weighted by Crippen LogP contribution is 2.44. The molecular weight excluding hydrogens is 394 g/mol. The fourth-order valence-electron chi connectivity index (χ4n) is 3.30. The van der Waals surface area contributed by atoms with Gasteiger partial charge < -0.3 is 16.4 Å². The van der Waals surface area contributed by atoms with E-state index >= 15 is 0 Å². The summed E-state index contributed by atoms with van der Waals surface area (Å²) in [6.07, 6.45) is 0. The first-order chi connectivity index (χ1) is 14.5. The summed E-state index contributed by atoms with van der Waals surface area (Å²) < 4.78 is 0.738. The Balaban J connectivity index is 2.04. The van der Waals surface area contributed by atoms with Gasteiger partial charge in [0, 0.05) is 18.3 Å². The predicted octanol–water partition coefficient (Wildman–Crippen LogP) is 4.83. The molecule has 0 spiro atoms. The Hall–Kier alpha value is -3.89. The first kappa shape index (κ1) is 19.4. The van der Waals surface area contributed by atoms with Crippen molar-refractivity contribution in [1.82, 2.24) is 10.3 Å². The molecular formula is C23H19N5OS.